The smallest absolute Gasteiger partial charge is 0.314 e. The molecule has 1 unspecified atom stereocenters. The van der Waals surface area contributed by atoms with Crippen LogP contribution in [0, 0.1) is 11.3 Å². The third kappa shape index (κ3) is 5.00. The molecule has 0 aromatic carbocycles. The minimum Gasteiger partial charge on any atom is -0.481 e. The van der Waals surface area contributed by atoms with Crippen LogP contribution in [-0.4, -0.2) is 55.2 Å². The molecule has 1 atom stereocenters. The van der Waals surface area contributed by atoms with Crippen LogP contribution < -0.4 is 10.6 Å². The summed E-state index contributed by atoms with van der Waals surface area (Å²) in [5.41, 5.74) is -0.898. The van der Waals surface area contributed by atoms with Crippen molar-refractivity contribution in [2.24, 2.45) is 11.3 Å². The summed E-state index contributed by atoms with van der Waals surface area (Å²) in [5.74, 6) is -0.357. The van der Waals surface area contributed by atoms with E-state index in [0.29, 0.717) is 18.9 Å². The number of rotatable bonds is 6. The van der Waals surface area contributed by atoms with Crippen LogP contribution in [0.3, 0.4) is 0 Å². The van der Waals surface area contributed by atoms with Crippen LogP contribution in [0.1, 0.15) is 33.1 Å². The fourth-order valence-electron chi connectivity index (χ4n) is 2.19. The number of amides is 2. The number of urea groups is 1. The number of piperidine rings is 1. The molecule has 0 aliphatic carbocycles. The van der Waals surface area contributed by atoms with Gasteiger partial charge in [0.25, 0.3) is 0 Å². The highest BCUT2D eigenvalue weighted by molar-refractivity contribution is 5.77. The van der Waals surface area contributed by atoms with Crippen molar-refractivity contribution in [3.05, 3.63) is 0 Å². The average molecular weight is 285 g/mol. The monoisotopic (exact) mass is 285 g/mol. The molecule has 20 heavy (non-hydrogen) atoms. The molecule has 116 valence electrons. The van der Waals surface area contributed by atoms with Crippen LogP contribution in [-0.2, 0) is 4.79 Å². The molecule has 1 rings (SSSR count). The van der Waals surface area contributed by atoms with Gasteiger partial charge in [0.05, 0.1) is 5.41 Å². The van der Waals surface area contributed by atoms with Gasteiger partial charge >= 0.3 is 12.0 Å². The number of carboxylic acid groups (broad SMARTS) is 1. The summed E-state index contributed by atoms with van der Waals surface area (Å²) < 4.78 is 0. The molecule has 1 saturated heterocycles. The van der Waals surface area contributed by atoms with Gasteiger partial charge in [-0.25, -0.2) is 4.79 Å². The second-order valence-electron chi connectivity index (χ2n) is 6.03. The lowest BCUT2D eigenvalue weighted by Crippen LogP contribution is -2.46. The zero-order chi connectivity index (χ0) is 15.2. The largest absolute Gasteiger partial charge is 0.481 e. The van der Waals surface area contributed by atoms with Crippen LogP contribution in [0.4, 0.5) is 4.79 Å². The molecule has 0 radical (unpaired) electrons. The fraction of sp³-hybridized carbons (Fsp3) is 0.857. The van der Waals surface area contributed by atoms with Crippen molar-refractivity contribution in [3.8, 4) is 0 Å². The number of hydrogen-bond donors (Lipinski definition) is 3. The summed E-state index contributed by atoms with van der Waals surface area (Å²) in [6.07, 6.45) is 2.68. The zero-order valence-electron chi connectivity index (χ0n) is 12.7. The molecule has 6 nitrogen and oxygen atoms in total. The Morgan fingerprint density at radius 1 is 1.30 bits per heavy atom. The van der Waals surface area contributed by atoms with Crippen LogP contribution in [0.25, 0.3) is 0 Å². The Labute approximate surface area is 120 Å². The highest BCUT2D eigenvalue weighted by atomic mass is 16.4. The molecule has 1 aliphatic heterocycles. The summed E-state index contributed by atoms with van der Waals surface area (Å²) in [7, 11) is 2.11. The fourth-order valence-corrected chi connectivity index (χ4v) is 2.19. The minimum atomic E-state index is -0.898. The predicted octanol–water partition coefficient (Wildman–Crippen LogP) is 1.13. The molecule has 0 aromatic heterocycles. The Hall–Kier alpha value is -1.30. The van der Waals surface area contributed by atoms with E-state index in [1.54, 1.807) is 6.92 Å². The maximum absolute atomic E-state index is 11.7. The summed E-state index contributed by atoms with van der Waals surface area (Å²) in [4.78, 5) is 25.1. The van der Waals surface area contributed by atoms with Crippen molar-refractivity contribution < 1.29 is 14.7 Å². The molecule has 1 aliphatic rings. The van der Waals surface area contributed by atoms with E-state index in [4.69, 9.17) is 5.11 Å². The first kappa shape index (κ1) is 16.8. The van der Waals surface area contributed by atoms with Crippen molar-refractivity contribution in [1.29, 1.82) is 0 Å². The molecule has 0 aromatic rings. The van der Waals surface area contributed by atoms with E-state index in [1.807, 2.05) is 6.92 Å². The number of nitrogens with zero attached hydrogens (tertiary/aromatic N) is 1. The molecular formula is C14H27N3O3. The van der Waals surface area contributed by atoms with Crippen LogP contribution in [0.15, 0.2) is 0 Å². The first-order valence-electron chi connectivity index (χ1n) is 7.31. The summed E-state index contributed by atoms with van der Waals surface area (Å²) in [6, 6.07) is -0.273. The first-order chi connectivity index (χ1) is 9.37. The quantitative estimate of drug-likeness (QED) is 0.683. The SMILES string of the molecule is CCC(C)(CNC(=O)NCC1CCN(C)CC1)C(=O)O. The summed E-state index contributed by atoms with van der Waals surface area (Å²) >= 11 is 0. The topological polar surface area (TPSA) is 81.7 Å². The third-order valence-corrected chi connectivity index (χ3v) is 4.33. The summed E-state index contributed by atoms with van der Waals surface area (Å²) in [6.45, 7) is 6.41. The van der Waals surface area contributed by atoms with E-state index >= 15 is 0 Å². The Morgan fingerprint density at radius 2 is 1.90 bits per heavy atom. The van der Waals surface area contributed by atoms with Gasteiger partial charge < -0.3 is 20.6 Å². The average Bonchev–Trinajstić information content (AvgIpc) is 2.43. The number of nitrogens with one attached hydrogen (secondary N) is 2. The summed E-state index contributed by atoms with van der Waals surface area (Å²) in [5, 5.41) is 14.6. The van der Waals surface area contributed by atoms with Gasteiger partial charge in [-0.2, -0.15) is 0 Å². The lowest BCUT2D eigenvalue weighted by Gasteiger charge is -2.29. The molecule has 3 N–H and O–H groups in total. The Kier molecular flexibility index (Phi) is 6.26. The van der Waals surface area contributed by atoms with Gasteiger partial charge in [-0.15, -0.1) is 0 Å². The normalized spacial score (nSPS) is 20.1. The van der Waals surface area contributed by atoms with Gasteiger partial charge in [-0.1, -0.05) is 6.92 Å². The van der Waals surface area contributed by atoms with Crippen molar-refractivity contribution in [2.75, 3.05) is 33.2 Å². The van der Waals surface area contributed by atoms with E-state index in [0.717, 1.165) is 25.9 Å². The highest BCUT2D eigenvalue weighted by Crippen LogP contribution is 2.19. The van der Waals surface area contributed by atoms with E-state index < -0.39 is 11.4 Å². The number of carbonyl (C=O) groups excluding carboxylic acids is 1. The molecule has 2 amide bonds. The maximum Gasteiger partial charge on any atom is 0.314 e. The van der Waals surface area contributed by atoms with Gasteiger partial charge in [-0.05, 0) is 52.2 Å². The molecule has 0 saturated carbocycles. The second kappa shape index (κ2) is 7.47. The minimum absolute atomic E-state index is 0.151. The van der Waals surface area contributed by atoms with Crippen molar-refractivity contribution in [3.63, 3.8) is 0 Å². The lowest BCUT2D eigenvalue weighted by molar-refractivity contribution is -0.147. The number of carboxylic acids is 1. The number of likely N-dealkylation sites (tertiary alicyclic amines) is 1. The predicted molar refractivity (Wildman–Crippen MR) is 77.7 cm³/mol. The standard InChI is InChI=1S/C14H27N3O3/c1-4-14(2,12(18)19)10-16-13(20)15-9-11-5-7-17(3)8-6-11/h11H,4-10H2,1-3H3,(H,18,19)(H2,15,16,20). The van der Waals surface area contributed by atoms with Crippen LogP contribution >= 0.6 is 0 Å². The van der Waals surface area contributed by atoms with Crippen LogP contribution in [0.5, 0.6) is 0 Å². The molecule has 6 heteroatoms. The van der Waals surface area contributed by atoms with E-state index in [-0.39, 0.29) is 12.6 Å². The number of hydrogen-bond acceptors (Lipinski definition) is 3. The van der Waals surface area contributed by atoms with Crippen LogP contribution in [0.2, 0.25) is 0 Å². The number of aliphatic carboxylic acids is 1. The highest BCUT2D eigenvalue weighted by Gasteiger charge is 2.31. The van der Waals surface area contributed by atoms with Gasteiger partial charge in [0.1, 0.15) is 0 Å². The number of carbonyl (C=O) groups is 2. The Morgan fingerprint density at radius 3 is 2.40 bits per heavy atom. The van der Waals surface area contributed by atoms with Gasteiger partial charge in [0.15, 0.2) is 0 Å². The molecule has 0 spiro atoms. The van der Waals surface area contributed by atoms with Crippen molar-refractivity contribution in [2.45, 2.75) is 33.1 Å². The van der Waals surface area contributed by atoms with Gasteiger partial charge in [-0.3, -0.25) is 4.79 Å². The Balaban J connectivity index is 2.25. The van der Waals surface area contributed by atoms with Gasteiger partial charge in [0.2, 0.25) is 0 Å². The molecule has 1 fully saturated rings. The van der Waals surface area contributed by atoms with Crippen molar-refractivity contribution >= 4 is 12.0 Å². The Bertz CT molecular complexity index is 341. The zero-order valence-corrected chi connectivity index (χ0v) is 12.7. The first-order valence-corrected chi connectivity index (χ1v) is 7.31. The molecule has 1 heterocycles. The van der Waals surface area contributed by atoms with Crippen molar-refractivity contribution in [1.82, 2.24) is 15.5 Å². The molecule has 0 bridgehead atoms. The second-order valence-corrected chi connectivity index (χ2v) is 6.03. The van der Waals surface area contributed by atoms with Gasteiger partial charge in [0, 0.05) is 13.1 Å². The lowest BCUT2D eigenvalue weighted by atomic mass is 9.88. The van der Waals surface area contributed by atoms with E-state index in [2.05, 4.69) is 22.6 Å². The third-order valence-electron chi connectivity index (χ3n) is 4.33. The van der Waals surface area contributed by atoms with E-state index in [9.17, 15) is 9.59 Å². The maximum atomic E-state index is 11.7. The van der Waals surface area contributed by atoms with E-state index in [1.165, 1.54) is 0 Å². The molecular weight excluding hydrogens is 258 g/mol.